The van der Waals surface area contributed by atoms with Gasteiger partial charge in [0, 0.05) is 12.3 Å². The number of aromatic nitrogens is 2. The van der Waals surface area contributed by atoms with Gasteiger partial charge in [-0.2, -0.15) is 0 Å². The molecule has 0 saturated carbocycles. The van der Waals surface area contributed by atoms with Crippen LogP contribution in [0.5, 0.6) is 0 Å². The Balaban J connectivity index is 2.58. The molecule has 0 aliphatic rings. The van der Waals surface area contributed by atoms with E-state index in [4.69, 9.17) is 0 Å². The molecule has 94 valence electrons. The number of thioether (sulfide) groups is 1. The molecule has 0 N–H and O–H groups in total. The van der Waals surface area contributed by atoms with Crippen LogP contribution in [-0.4, -0.2) is 15.3 Å². The molecule has 3 nitrogen and oxygen atoms in total. The maximum atomic E-state index is 12.3. The molecule has 0 unspecified atom stereocenters. The molecule has 2 rings (SSSR count). The van der Waals surface area contributed by atoms with Crippen molar-refractivity contribution in [1.29, 1.82) is 0 Å². The molecule has 0 aliphatic carbocycles. The fraction of sp³-hybridized carbons (Fsp3) is 0.231. The Morgan fingerprint density at radius 1 is 1.50 bits per heavy atom. The van der Waals surface area contributed by atoms with Crippen molar-refractivity contribution >= 4 is 38.6 Å². The molecule has 0 atom stereocenters. The van der Waals surface area contributed by atoms with Crippen LogP contribution in [0.25, 0.3) is 10.9 Å². The number of hydrogen-bond donors (Lipinski definition) is 0. The lowest BCUT2D eigenvalue weighted by Crippen LogP contribution is -2.22. The second kappa shape index (κ2) is 5.71. The maximum Gasteiger partial charge on any atom is 0.262 e. The van der Waals surface area contributed by atoms with Gasteiger partial charge in [-0.15, -0.1) is 0 Å². The molecule has 0 fully saturated rings. The summed E-state index contributed by atoms with van der Waals surface area (Å²) in [6.07, 6.45) is 0. The third-order valence-electron chi connectivity index (χ3n) is 2.50. The Morgan fingerprint density at radius 3 is 2.89 bits per heavy atom. The van der Waals surface area contributed by atoms with E-state index in [-0.39, 0.29) is 5.56 Å². The van der Waals surface area contributed by atoms with Gasteiger partial charge in [-0.05, 0) is 23.5 Å². The lowest BCUT2D eigenvalue weighted by molar-refractivity contribution is 0.635. The van der Waals surface area contributed by atoms with Crippen LogP contribution in [0.3, 0.4) is 0 Å². The average Bonchev–Trinajstić information content (AvgIpc) is 2.36. The summed E-state index contributed by atoms with van der Waals surface area (Å²) >= 11 is 4.83. The van der Waals surface area contributed by atoms with Crippen molar-refractivity contribution in [1.82, 2.24) is 9.55 Å². The summed E-state index contributed by atoms with van der Waals surface area (Å²) in [7, 11) is 0. The van der Waals surface area contributed by atoms with E-state index in [1.54, 1.807) is 4.57 Å². The summed E-state index contributed by atoms with van der Waals surface area (Å²) in [4.78, 5) is 16.8. The minimum absolute atomic E-state index is 0.0192. The number of benzene rings is 1. The SMILES string of the molecule is C=C(Br)CSc1nc2ccccc2c(=O)n1CC. The first kappa shape index (κ1) is 13.4. The van der Waals surface area contributed by atoms with Crippen LogP contribution in [0, 0.1) is 0 Å². The highest BCUT2D eigenvalue weighted by molar-refractivity contribution is 9.11. The van der Waals surface area contributed by atoms with Crippen LogP contribution in [0.2, 0.25) is 0 Å². The third-order valence-corrected chi connectivity index (χ3v) is 4.21. The van der Waals surface area contributed by atoms with Gasteiger partial charge in [0.25, 0.3) is 5.56 Å². The number of halogens is 1. The van der Waals surface area contributed by atoms with Crippen LogP contribution in [0.4, 0.5) is 0 Å². The molecule has 18 heavy (non-hydrogen) atoms. The fourth-order valence-electron chi connectivity index (χ4n) is 1.68. The standard InChI is InChI=1S/C13H13BrN2OS/c1-3-16-12(17)10-6-4-5-7-11(10)15-13(16)18-8-9(2)14/h4-7H,2-3,8H2,1H3. The molecule has 0 amide bonds. The monoisotopic (exact) mass is 324 g/mol. The summed E-state index contributed by atoms with van der Waals surface area (Å²) in [5.41, 5.74) is 0.765. The van der Waals surface area contributed by atoms with Crippen LogP contribution < -0.4 is 5.56 Å². The molecule has 0 saturated heterocycles. The Bertz CT molecular complexity index is 651. The van der Waals surface area contributed by atoms with Crippen molar-refractivity contribution in [2.75, 3.05) is 5.75 Å². The van der Waals surface area contributed by atoms with E-state index < -0.39 is 0 Å². The smallest absolute Gasteiger partial charge is 0.262 e. The van der Waals surface area contributed by atoms with Gasteiger partial charge < -0.3 is 0 Å². The van der Waals surface area contributed by atoms with Crippen molar-refractivity contribution < 1.29 is 0 Å². The summed E-state index contributed by atoms with van der Waals surface area (Å²) in [6, 6.07) is 7.43. The van der Waals surface area contributed by atoms with Gasteiger partial charge in [0.1, 0.15) is 0 Å². The van der Waals surface area contributed by atoms with Gasteiger partial charge in [0.05, 0.1) is 10.9 Å². The maximum absolute atomic E-state index is 12.3. The first-order chi connectivity index (χ1) is 8.63. The Labute approximate surface area is 118 Å². The second-order valence-corrected chi connectivity index (χ2v) is 5.83. The fourth-order valence-corrected chi connectivity index (χ4v) is 2.84. The van der Waals surface area contributed by atoms with E-state index in [0.717, 1.165) is 15.2 Å². The summed E-state index contributed by atoms with van der Waals surface area (Å²) < 4.78 is 2.58. The molecule has 1 aromatic carbocycles. The van der Waals surface area contributed by atoms with E-state index in [0.29, 0.717) is 17.7 Å². The first-order valence-corrected chi connectivity index (χ1v) is 7.37. The van der Waals surface area contributed by atoms with Crippen molar-refractivity contribution in [3.63, 3.8) is 0 Å². The summed E-state index contributed by atoms with van der Waals surface area (Å²) in [5, 5.41) is 1.41. The zero-order chi connectivity index (χ0) is 13.1. The molecule has 0 bridgehead atoms. The quantitative estimate of drug-likeness (QED) is 0.638. The number of hydrogen-bond acceptors (Lipinski definition) is 3. The molecular weight excluding hydrogens is 312 g/mol. The molecule has 0 spiro atoms. The van der Waals surface area contributed by atoms with Crippen molar-refractivity contribution in [3.8, 4) is 0 Å². The van der Waals surface area contributed by atoms with Crippen LogP contribution in [0.1, 0.15) is 6.92 Å². The van der Waals surface area contributed by atoms with E-state index in [1.165, 1.54) is 11.8 Å². The zero-order valence-electron chi connectivity index (χ0n) is 10.0. The Morgan fingerprint density at radius 2 is 2.22 bits per heavy atom. The molecular formula is C13H13BrN2OS. The second-order valence-electron chi connectivity index (χ2n) is 3.77. The van der Waals surface area contributed by atoms with Crippen LogP contribution in [-0.2, 0) is 6.54 Å². The highest BCUT2D eigenvalue weighted by atomic mass is 79.9. The van der Waals surface area contributed by atoms with E-state index in [2.05, 4.69) is 27.5 Å². The molecule has 1 aromatic heterocycles. The average molecular weight is 325 g/mol. The first-order valence-electron chi connectivity index (χ1n) is 5.59. The van der Waals surface area contributed by atoms with Crippen LogP contribution in [0.15, 0.2) is 45.3 Å². The van der Waals surface area contributed by atoms with Gasteiger partial charge in [0.15, 0.2) is 5.16 Å². The summed E-state index contributed by atoms with van der Waals surface area (Å²) in [5.74, 6) is 0.699. The van der Waals surface area contributed by atoms with Crippen molar-refractivity contribution in [2.45, 2.75) is 18.6 Å². The summed E-state index contributed by atoms with van der Waals surface area (Å²) in [6.45, 7) is 6.36. The zero-order valence-corrected chi connectivity index (χ0v) is 12.4. The number of rotatable bonds is 4. The lowest BCUT2D eigenvalue weighted by atomic mass is 10.2. The Kier molecular flexibility index (Phi) is 4.24. The number of para-hydroxylation sites is 1. The van der Waals surface area contributed by atoms with Gasteiger partial charge in [-0.1, -0.05) is 46.4 Å². The normalized spacial score (nSPS) is 10.8. The van der Waals surface area contributed by atoms with E-state index in [9.17, 15) is 4.79 Å². The molecule has 2 aromatic rings. The van der Waals surface area contributed by atoms with Crippen molar-refractivity contribution in [3.05, 3.63) is 45.7 Å². The van der Waals surface area contributed by atoms with Gasteiger partial charge in [-0.25, -0.2) is 4.98 Å². The third kappa shape index (κ3) is 2.67. The largest absolute Gasteiger partial charge is 0.287 e. The number of nitrogens with zero attached hydrogens (tertiary/aromatic N) is 2. The number of fused-ring (bicyclic) bond motifs is 1. The topological polar surface area (TPSA) is 34.9 Å². The lowest BCUT2D eigenvalue weighted by Gasteiger charge is -2.10. The molecule has 0 aliphatic heterocycles. The van der Waals surface area contributed by atoms with Crippen molar-refractivity contribution in [2.24, 2.45) is 0 Å². The van der Waals surface area contributed by atoms with Gasteiger partial charge >= 0.3 is 0 Å². The molecule has 5 heteroatoms. The van der Waals surface area contributed by atoms with E-state index in [1.807, 2.05) is 31.2 Å². The Hall–Kier alpha value is -1.07. The van der Waals surface area contributed by atoms with Crippen LogP contribution >= 0.6 is 27.7 Å². The van der Waals surface area contributed by atoms with Gasteiger partial charge in [0.2, 0.25) is 0 Å². The predicted octanol–water partition coefficient (Wildman–Crippen LogP) is 3.42. The minimum Gasteiger partial charge on any atom is -0.287 e. The molecule has 0 radical (unpaired) electrons. The highest BCUT2D eigenvalue weighted by Crippen LogP contribution is 2.21. The highest BCUT2D eigenvalue weighted by Gasteiger charge is 2.09. The predicted molar refractivity (Wildman–Crippen MR) is 80.5 cm³/mol. The minimum atomic E-state index is 0.0192. The van der Waals surface area contributed by atoms with E-state index >= 15 is 0 Å². The van der Waals surface area contributed by atoms with Gasteiger partial charge in [-0.3, -0.25) is 9.36 Å². The molecule has 1 heterocycles.